The van der Waals surface area contributed by atoms with Gasteiger partial charge in [0, 0.05) is 31.2 Å². The molecule has 0 spiro atoms. The first-order chi connectivity index (χ1) is 10.9. The molecule has 2 rings (SSSR count). The van der Waals surface area contributed by atoms with Crippen LogP contribution in [0.2, 0.25) is 0 Å². The van der Waals surface area contributed by atoms with Crippen LogP contribution in [0.15, 0.2) is 24.3 Å². The number of nitrogens with one attached hydrogen (secondary N) is 1. The number of amides is 1. The summed E-state index contributed by atoms with van der Waals surface area (Å²) in [6.45, 7) is 5.24. The number of carbonyl (C=O) groups excluding carboxylic acids is 1. The summed E-state index contributed by atoms with van der Waals surface area (Å²) < 4.78 is 5.26. The van der Waals surface area contributed by atoms with Crippen molar-refractivity contribution >= 4 is 11.9 Å². The Balaban J connectivity index is 2.02. The smallest absolute Gasteiger partial charge is 0.308 e. The van der Waals surface area contributed by atoms with E-state index in [4.69, 9.17) is 4.74 Å². The van der Waals surface area contributed by atoms with Crippen molar-refractivity contribution < 1.29 is 19.4 Å². The summed E-state index contributed by atoms with van der Waals surface area (Å²) in [5.74, 6) is -1.60. The van der Waals surface area contributed by atoms with Crippen molar-refractivity contribution in [1.82, 2.24) is 10.2 Å². The highest BCUT2D eigenvalue weighted by Crippen LogP contribution is 2.26. The van der Waals surface area contributed by atoms with E-state index in [-0.39, 0.29) is 11.9 Å². The Labute approximate surface area is 136 Å². The van der Waals surface area contributed by atoms with Gasteiger partial charge in [0.2, 0.25) is 5.91 Å². The van der Waals surface area contributed by atoms with Crippen molar-refractivity contribution in [3.63, 3.8) is 0 Å². The number of methoxy groups -OCH3 is 1. The summed E-state index contributed by atoms with van der Waals surface area (Å²) >= 11 is 0. The lowest BCUT2D eigenvalue weighted by molar-refractivity contribution is -0.145. The van der Waals surface area contributed by atoms with Gasteiger partial charge in [-0.2, -0.15) is 0 Å². The van der Waals surface area contributed by atoms with Crippen LogP contribution in [0.4, 0.5) is 0 Å². The molecule has 0 bridgehead atoms. The van der Waals surface area contributed by atoms with Gasteiger partial charge in [0.1, 0.15) is 5.75 Å². The van der Waals surface area contributed by atoms with Crippen LogP contribution < -0.4 is 10.1 Å². The zero-order chi connectivity index (χ0) is 17.0. The van der Waals surface area contributed by atoms with E-state index in [0.717, 1.165) is 5.56 Å². The quantitative estimate of drug-likeness (QED) is 0.827. The normalized spacial score (nSPS) is 21.4. The average Bonchev–Trinajstić information content (AvgIpc) is 2.98. The molecule has 1 aliphatic rings. The van der Waals surface area contributed by atoms with Crippen molar-refractivity contribution in [3.8, 4) is 5.75 Å². The number of hydrogen-bond acceptors (Lipinski definition) is 4. The highest BCUT2D eigenvalue weighted by molar-refractivity contribution is 5.85. The fourth-order valence-electron chi connectivity index (χ4n) is 2.93. The summed E-state index contributed by atoms with van der Waals surface area (Å²) in [6.07, 6.45) is 0. The molecule has 6 heteroatoms. The molecular weight excluding hydrogens is 296 g/mol. The zero-order valence-corrected chi connectivity index (χ0v) is 13.8. The van der Waals surface area contributed by atoms with E-state index < -0.39 is 17.8 Å². The van der Waals surface area contributed by atoms with Crippen molar-refractivity contribution in [3.05, 3.63) is 29.8 Å². The van der Waals surface area contributed by atoms with Gasteiger partial charge in [-0.05, 0) is 19.9 Å². The molecule has 0 saturated carbocycles. The lowest BCUT2D eigenvalue weighted by Gasteiger charge is -2.19. The topological polar surface area (TPSA) is 78.9 Å². The van der Waals surface area contributed by atoms with Gasteiger partial charge in [-0.3, -0.25) is 14.5 Å². The lowest BCUT2D eigenvalue weighted by atomic mass is 9.95. The van der Waals surface area contributed by atoms with E-state index >= 15 is 0 Å². The molecule has 0 radical (unpaired) electrons. The summed E-state index contributed by atoms with van der Waals surface area (Å²) in [5, 5.41) is 12.2. The monoisotopic (exact) mass is 320 g/mol. The van der Waals surface area contributed by atoms with Gasteiger partial charge >= 0.3 is 5.97 Å². The number of carbonyl (C=O) groups is 2. The fraction of sp³-hybridized carbons (Fsp3) is 0.529. The predicted molar refractivity (Wildman–Crippen MR) is 86.2 cm³/mol. The van der Waals surface area contributed by atoms with Crippen LogP contribution in [0.25, 0.3) is 0 Å². The molecule has 1 heterocycles. The number of hydrogen-bond donors (Lipinski definition) is 2. The first kappa shape index (κ1) is 17.3. The van der Waals surface area contributed by atoms with Crippen LogP contribution in [-0.4, -0.2) is 48.1 Å². The predicted octanol–water partition coefficient (Wildman–Crippen LogP) is 1.35. The van der Waals surface area contributed by atoms with Crippen LogP contribution in [0.1, 0.15) is 19.4 Å². The Morgan fingerprint density at radius 1 is 1.30 bits per heavy atom. The van der Waals surface area contributed by atoms with Crippen molar-refractivity contribution in [2.24, 2.45) is 11.8 Å². The number of carboxylic acids is 1. The Kier molecular flexibility index (Phi) is 5.60. The van der Waals surface area contributed by atoms with Gasteiger partial charge in [0.15, 0.2) is 0 Å². The Hall–Kier alpha value is -2.08. The van der Waals surface area contributed by atoms with Gasteiger partial charge in [-0.25, -0.2) is 0 Å². The van der Waals surface area contributed by atoms with Gasteiger partial charge in [0.25, 0.3) is 0 Å². The Morgan fingerprint density at radius 3 is 2.57 bits per heavy atom. The number of para-hydroxylation sites is 1. The number of ether oxygens (including phenoxy) is 1. The summed E-state index contributed by atoms with van der Waals surface area (Å²) in [7, 11) is 1.58. The second kappa shape index (κ2) is 7.46. The maximum Gasteiger partial charge on any atom is 0.308 e. The standard InChI is InChI=1S/C17H24N2O4/c1-11(2)19-9-13(14(10-19)17(21)22)16(20)18-8-12-6-4-5-7-15(12)23-3/h4-7,11,13-14H,8-10H2,1-3H3,(H,18,20)(H,21,22)/t13-,14+/m0/s1. The minimum atomic E-state index is -0.911. The van der Waals surface area contributed by atoms with Crippen molar-refractivity contribution in [2.45, 2.75) is 26.4 Å². The van der Waals surface area contributed by atoms with E-state index in [1.165, 1.54) is 0 Å². The van der Waals surface area contributed by atoms with Crippen LogP contribution in [0, 0.1) is 11.8 Å². The molecule has 0 unspecified atom stereocenters. The second-order valence-electron chi connectivity index (χ2n) is 6.13. The molecule has 1 aromatic carbocycles. The SMILES string of the molecule is COc1ccccc1CNC(=O)[C@H]1CN(C(C)C)C[C@H]1C(=O)O. The van der Waals surface area contributed by atoms with E-state index in [9.17, 15) is 14.7 Å². The molecule has 1 saturated heterocycles. The summed E-state index contributed by atoms with van der Waals surface area (Å²) in [4.78, 5) is 25.9. The molecule has 0 aromatic heterocycles. The van der Waals surface area contributed by atoms with E-state index in [0.29, 0.717) is 25.4 Å². The Bertz CT molecular complexity index is 573. The van der Waals surface area contributed by atoms with E-state index in [1.54, 1.807) is 7.11 Å². The van der Waals surface area contributed by atoms with Crippen LogP contribution >= 0.6 is 0 Å². The molecule has 2 atom stereocenters. The molecule has 1 aromatic rings. The highest BCUT2D eigenvalue weighted by atomic mass is 16.5. The van der Waals surface area contributed by atoms with Gasteiger partial charge in [-0.15, -0.1) is 0 Å². The molecule has 1 aliphatic heterocycles. The molecular formula is C17H24N2O4. The van der Waals surface area contributed by atoms with Crippen molar-refractivity contribution in [1.29, 1.82) is 0 Å². The van der Waals surface area contributed by atoms with Crippen LogP contribution in [0.3, 0.4) is 0 Å². The third-order valence-corrected chi connectivity index (χ3v) is 4.38. The largest absolute Gasteiger partial charge is 0.496 e. The fourth-order valence-corrected chi connectivity index (χ4v) is 2.93. The zero-order valence-electron chi connectivity index (χ0n) is 13.8. The number of aliphatic carboxylic acids is 1. The number of likely N-dealkylation sites (tertiary alicyclic amines) is 1. The van der Waals surface area contributed by atoms with E-state index in [1.807, 2.05) is 43.0 Å². The lowest BCUT2D eigenvalue weighted by Crippen LogP contribution is -2.37. The Morgan fingerprint density at radius 2 is 1.96 bits per heavy atom. The van der Waals surface area contributed by atoms with Gasteiger partial charge < -0.3 is 15.2 Å². The van der Waals surface area contributed by atoms with Crippen LogP contribution in [0.5, 0.6) is 5.75 Å². The summed E-state index contributed by atoms with van der Waals surface area (Å²) in [6, 6.07) is 7.67. The maximum absolute atomic E-state index is 12.5. The molecule has 126 valence electrons. The molecule has 1 fully saturated rings. The molecule has 1 amide bonds. The van der Waals surface area contributed by atoms with E-state index in [2.05, 4.69) is 5.32 Å². The number of rotatable bonds is 6. The van der Waals surface area contributed by atoms with Gasteiger partial charge in [-0.1, -0.05) is 18.2 Å². The maximum atomic E-state index is 12.5. The summed E-state index contributed by atoms with van der Waals surface area (Å²) in [5.41, 5.74) is 0.869. The number of benzene rings is 1. The molecule has 0 aliphatic carbocycles. The minimum Gasteiger partial charge on any atom is -0.496 e. The average molecular weight is 320 g/mol. The number of carboxylic acid groups (broad SMARTS) is 1. The molecule has 2 N–H and O–H groups in total. The minimum absolute atomic E-state index is 0.216. The highest BCUT2D eigenvalue weighted by Gasteiger charge is 2.42. The van der Waals surface area contributed by atoms with Gasteiger partial charge in [0.05, 0.1) is 18.9 Å². The first-order valence-electron chi connectivity index (χ1n) is 7.80. The van der Waals surface area contributed by atoms with Crippen molar-refractivity contribution in [2.75, 3.05) is 20.2 Å². The number of nitrogens with zero attached hydrogens (tertiary/aromatic N) is 1. The second-order valence-corrected chi connectivity index (χ2v) is 6.13. The van der Waals surface area contributed by atoms with Crippen LogP contribution in [-0.2, 0) is 16.1 Å². The first-order valence-corrected chi connectivity index (χ1v) is 7.80. The molecule has 6 nitrogen and oxygen atoms in total. The molecule has 23 heavy (non-hydrogen) atoms. The third-order valence-electron chi connectivity index (χ3n) is 4.38. The third kappa shape index (κ3) is 4.01.